The molecule has 0 bridgehead atoms. The zero-order chi connectivity index (χ0) is 17.0. The molecular weight excluding hydrogens is 304 g/mol. The second-order valence-electron chi connectivity index (χ2n) is 6.98. The largest absolute Gasteiger partial charge is 0.392 e. The summed E-state index contributed by atoms with van der Waals surface area (Å²) in [4.78, 5) is 18.7. The number of carbonyl (C=O) groups excluding carboxylic acids is 1. The van der Waals surface area contributed by atoms with E-state index < -0.39 is 0 Å². The van der Waals surface area contributed by atoms with E-state index in [-0.39, 0.29) is 23.5 Å². The fourth-order valence-electron chi connectivity index (χ4n) is 4.11. The van der Waals surface area contributed by atoms with Crippen molar-refractivity contribution in [2.24, 2.45) is 5.41 Å². The monoisotopic (exact) mass is 332 g/mol. The number of aromatic nitrogens is 1. The summed E-state index contributed by atoms with van der Waals surface area (Å²) in [5.41, 5.74) is 0.931. The molecule has 2 heterocycles. The highest BCUT2D eigenvalue weighted by Crippen LogP contribution is 2.50. The Hall–Kier alpha value is -1.46. The summed E-state index contributed by atoms with van der Waals surface area (Å²) in [6, 6.07) is 5.89. The molecule has 1 aliphatic carbocycles. The van der Waals surface area contributed by atoms with Gasteiger partial charge in [0.2, 0.25) is 5.91 Å². The fraction of sp³-hybridized carbons (Fsp3) is 0.684. The van der Waals surface area contributed by atoms with Crippen LogP contribution < -0.4 is 0 Å². The van der Waals surface area contributed by atoms with Gasteiger partial charge in [0.15, 0.2) is 0 Å². The number of carbonyl (C=O) groups is 1. The summed E-state index contributed by atoms with van der Waals surface area (Å²) >= 11 is 0. The van der Waals surface area contributed by atoms with Gasteiger partial charge in [-0.25, -0.2) is 0 Å². The van der Waals surface area contributed by atoms with E-state index >= 15 is 0 Å². The molecular formula is C19H28N2O3. The molecule has 1 aliphatic heterocycles. The lowest BCUT2D eigenvalue weighted by atomic mass is 9.58. The first-order chi connectivity index (χ1) is 11.7. The lowest BCUT2D eigenvalue weighted by Gasteiger charge is -2.56. The average Bonchev–Trinajstić information content (AvgIpc) is 2.62. The van der Waals surface area contributed by atoms with Crippen LogP contribution in [0.1, 0.15) is 44.7 Å². The molecule has 2 atom stereocenters. The predicted octanol–water partition coefficient (Wildman–Crippen LogP) is 2.18. The summed E-state index contributed by atoms with van der Waals surface area (Å²) in [5, 5.41) is 10.2. The molecule has 0 radical (unpaired) electrons. The van der Waals surface area contributed by atoms with Crippen LogP contribution in [0.15, 0.2) is 24.4 Å². The number of rotatable bonds is 6. The molecule has 5 heteroatoms. The number of aryl methyl sites for hydroxylation is 1. The molecule has 1 saturated carbocycles. The Labute approximate surface area is 144 Å². The third-order valence-corrected chi connectivity index (χ3v) is 5.71. The Morgan fingerprint density at radius 3 is 2.83 bits per heavy atom. The fourth-order valence-corrected chi connectivity index (χ4v) is 4.11. The highest BCUT2D eigenvalue weighted by atomic mass is 16.5. The molecule has 1 saturated heterocycles. The van der Waals surface area contributed by atoms with Gasteiger partial charge in [-0.15, -0.1) is 0 Å². The summed E-state index contributed by atoms with van der Waals surface area (Å²) in [7, 11) is 0. The minimum atomic E-state index is -0.268. The molecule has 1 aromatic heterocycles. The van der Waals surface area contributed by atoms with Gasteiger partial charge in [-0.05, 0) is 44.7 Å². The maximum Gasteiger partial charge on any atom is 0.222 e. The number of amides is 1. The number of pyridine rings is 1. The van der Waals surface area contributed by atoms with Crippen LogP contribution in [0.25, 0.3) is 0 Å². The first kappa shape index (κ1) is 17.4. The lowest BCUT2D eigenvalue weighted by molar-refractivity contribution is -0.210. The van der Waals surface area contributed by atoms with Gasteiger partial charge >= 0.3 is 0 Å². The van der Waals surface area contributed by atoms with Crippen molar-refractivity contribution in [1.29, 1.82) is 0 Å². The van der Waals surface area contributed by atoms with Crippen molar-refractivity contribution in [3.63, 3.8) is 0 Å². The molecule has 1 aromatic rings. The van der Waals surface area contributed by atoms with E-state index in [1.807, 2.05) is 30.0 Å². The Bertz CT molecular complexity index is 539. The van der Waals surface area contributed by atoms with Crippen LogP contribution in [-0.2, 0) is 16.0 Å². The van der Waals surface area contributed by atoms with Crippen molar-refractivity contribution < 1.29 is 14.6 Å². The van der Waals surface area contributed by atoms with Crippen LogP contribution in [0.2, 0.25) is 0 Å². The highest BCUT2D eigenvalue weighted by molar-refractivity contribution is 5.76. The molecule has 0 unspecified atom stereocenters. The zero-order valence-electron chi connectivity index (χ0n) is 14.5. The van der Waals surface area contributed by atoms with Crippen LogP contribution in [0.5, 0.6) is 0 Å². The van der Waals surface area contributed by atoms with Gasteiger partial charge in [0, 0.05) is 49.8 Å². The van der Waals surface area contributed by atoms with Gasteiger partial charge < -0.3 is 14.7 Å². The highest BCUT2D eigenvalue weighted by Gasteiger charge is 2.56. The maximum atomic E-state index is 12.4. The van der Waals surface area contributed by atoms with Crippen molar-refractivity contribution in [3.8, 4) is 0 Å². The van der Waals surface area contributed by atoms with E-state index in [1.54, 1.807) is 6.20 Å². The third-order valence-electron chi connectivity index (χ3n) is 5.71. The van der Waals surface area contributed by atoms with Gasteiger partial charge in [-0.1, -0.05) is 6.07 Å². The number of aliphatic hydroxyl groups is 1. The normalized spacial score (nSPS) is 25.5. The second-order valence-corrected chi connectivity index (χ2v) is 6.98. The zero-order valence-corrected chi connectivity index (χ0v) is 14.5. The molecule has 2 aliphatic rings. The number of hydrogen-bond acceptors (Lipinski definition) is 4. The Morgan fingerprint density at radius 1 is 1.42 bits per heavy atom. The molecule has 132 valence electrons. The molecule has 1 spiro atoms. The Balaban J connectivity index is 1.43. The van der Waals surface area contributed by atoms with E-state index in [0.717, 1.165) is 50.9 Å². The standard InChI is InChI=1S/C19H28N2O3/c1-2-24-17-14-16(22)19(17)9-12-21(13-10-19)18(23)8-5-7-15-6-3-4-11-20-15/h3-4,6,11,16-17,22H,2,5,7-10,12-14H2,1H3/t16-,17-/m0/s1. The van der Waals surface area contributed by atoms with Crippen LogP contribution in [0.4, 0.5) is 0 Å². The van der Waals surface area contributed by atoms with E-state index in [1.165, 1.54) is 0 Å². The molecule has 2 fully saturated rings. The van der Waals surface area contributed by atoms with Crippen molar-refractivity contribution in [2.75, 3.05) is 19.7 Å². The smallest absolute Gasteiger partial charge is 0.222 e. The third kappa shape index (κ3) is 3.47. The molecule has 24 heavy (non-hydrogen) atoms. The number of hydrogen-bond donors (Lipinski definition) is 1. The Kier molecular flexibility index (Phi) is 5.51. The summed E-state index contributed by atoms with van der Waals surface area (Å²) in [6.45, 7) is 4.17. The topological polar surface area (TPSA) is 62.7 Å². The molecule has 3 rings (SSSR count). The first-order valence-electron chi connectivity index (χ1n) is 9.13. The quantitative estimate of drug-likeness (QED) is 0.867. The first-order valence-corrected chi connectivity index (χ1v) is 9.13. The SMILES string of the molecule is CCO[C@H]1C[C@H](O)C12CCN(C(=O)CCCc1ccccn1)CC2. The van der Waals surface area contributed by atoms with E-state index in [9.17, 15) is 9.90 Å². The molecule has 5 nitrogen and oxygen atoms in total. The van der Waals surface area contributed by atoms with Gasteiger partial charge in [0.25, 0.3) is 0 Å². The van der Waals surface area contributed by atoms with Crippen LogP contribution in [-0.4, -0.2) is 52.8 Å². The van der Waals surface area contributed by atoms with Crippen molar-refractivity contribution in [3.05, 3.63) is 30.1 Å². The minimum Gasteiger partial charge on any atom is -0.392 e. The number of nitrogens with zero attached hydrogens (tertiary/aromatic N) is 2. The van der Waals surface area contributed by atoms with Crippen LogP contribution >= 0.6 is 0 Å². The van der Waals surface area contributed by atoms with Crippen molar-refractivity contribution >= 4 is 5.91 Å². The number of likely N-dealkylation sites (tertiary alicyclic amines) is 1. The minimum absolute atomic E-state index is 0.110. The van der Waals surface area contributed by atoms with E-state index in [4.69, 9.17) is 4.74 Å². The van der Waals surface area contributed by atoms with Gasteiger partial charge in [0.05, 0.1) is 12.2 Å². The van der Waals surface area contributed by atoms with Crippen molar-refractivity contribution in [1.82, 2.24) is 9.88 Å². The van der Waals surface area contributed by atoms with E-state index in [0.29, 0.717) is 13.0 Å². The molecule has 1 N–H and O–H groups in total. The van der Waals surface area contributed by atoms with Gasteiger partial charge in [0.1, 0.15) is 0 Å². The maximum absolute atomic E-state index is 12.4. The van der Waals surface area contributed by atoms with Gasteiger partial charge in [-0.2, -0.15) is 0 Å². The van der Waals surface area contributed by atoms with Crippen LogP contribution in [0.3, 0.4) is 0 Å². The van der Waals surface area contributed by atoms with Gasteiger partial charge in [-0.3, -0.25) is 9.78 Å². The predicted molar refractivity (Wildman–Crippen MR) is 91.5 cm³/mol. The average molecular weight is 332 g/mol. The lowest BCUT2D eigenvalue weighted by Crippen LogP contribution is -2.62. The second kappa shape index (κ2) is 7.62. The summed E-state index contributed by atoms with van der Waals surface area (Å²) < 4.78 is 5.78. The summed E-state index contributed by atoms with van der Waals surface area (Å²) in [5.74, 6) is 0.225. The van der Waals surface area contributed by atoms with Crippen molar-refractivity contribution in [2.45, 2.75) is 57.7 Å². The van der Waals surface area contributed by atoms with Crippen LogP contribution in [0, 0.1) is 5.41 Å². The number of ether oxygens (including phenoxy) is 1. The molecule has 0 aromatic carbocycles. The Morgan fingerprint density at radius 2 is 2.21 bits per heavy atom. The molecule has 1 amide bonds. The summed E-state index contributed by atoms with van der Waals surface area (Å²) in [6.07, 6.45) is 6.38. The van der Waals surface area contributed by atoms with E-state index in [2.05, 4.69) is 4.98 Å². The number of piperidine rings is 1. The number of aliphatic hydroxyl groups excluding tert-OH is 1.